The van der Waals surface area contributed by atoms with E-state index in [1.807, 2.05) is 0 Å². The van der Waals surface area contributed by atoms with Gasteiger partial charge in [0, 0.05) is 10.6 Å². The van der Waals surface area contributed by atoms with Crippen LogP contribution in [0.2, 0.25) is 15.1 Å². The molecule has 0 aliphatic carbocycles. The quantitative estimate of drug-likeness (QED) is 0.695. The van der Waals surface area contributed by atoms with E-state index in [9.17, 15) is 14.7 Å². The van der Waals surface area contributed by atoms with Crippen LogP contribution in [0.5, 0.6) is 0 Å². The maximum atomic E-state index is 12.3. The van der Waals surface area contributed by atoms with Crippen molar-refractivity contribution in [2.24, 2.45) is 0 Å². The summed E-state index contributed by atoms with van der Waals surface area (Å²) >= 11 is 17.6. The van der Waals surface area contributed by atoms with Gasteiger partial charge in [-0.2, -0.15) is 0 Å². The Morgan fingerprint density at radius 1 is 1.04 bits per heavy atom. The van der Waals surface area contributed by atoms with Crippen LogP contribution in [0.4, 0.5) is 5.69 Å². The molecule has 0 bridgehead atoms. The summed E-state index contributed by atoms with van der Waals surface area (Å²) in [5, 5.41) is 12.8. The molecular weight excluding hydrogens is 373 g/mol. The van der Waals surface area contributed by atoms with Gasteiger partial charge in [0.2, 0.25) is 0 Å². The fourth-order valence-electron chi connectivity index (χ4n) is 1.94. The van der Waals surface area contributed by atoms with E-state index in [0.717, 1.165) is 0 Å². The Labute approximate surface area is 153 Å². The number of carboxylic acid groups (broad SMARTS) is 1. The maximum absolute atomic E-state index is 12.3. The molecule has 0 aromatic heterocycles. The van der Waals surface area contributed by atoms with Gasteiger partial charge in [-0.25, -0.2) is 4.79 Å². The average molecular weight is 385 g/mol. The highest BCUT2D eigenvalue weighted by atomic mass is 35.5. The summed E-state index contributed by atoms with van der Waals surface area (Å²) in [5.74, 6) is -1.62. The second kappa shape index (κ2) is 7.71. The van der Waals surface area contributed by atoms with E-state index >= 15 is 0 Å². The molecule has 0 unspecified atom stereocenters. The number of benzene rings is 2. The van der Waals surface area contributed by atoms with E-state index < -0.39 is 11.9 Å². The molecule has 4 nitrogen and oxygen atoms in total. The molecular formula is C17H12Cl3NO3. The molecule has 1 amide bonds. The molecule has 2 aromatic carbocycles. The Bertz CT molecular complexity index is 847. The van der Waals surface area contributed by atoms with Crippen LogP contribution in [0, 0.1) is 0 Å². The first-order chi connectivity index (χ1) is 11.3. The monoisotopic (exact) mass is 383 g/mol. The lowest BCUT2D eigenvalue weighted by molar-refractivity contribution is -0.112. The number of aromatic carboxylic acids is 1. The normalized spacial score (nSPS) is 11.2. The fourth-order valence-corrected chi connectivity index (χ4v) is 2.42. The minimum absolute atomic E-state index is 0.0850. The standard InChI is InChI=1S/C17H12Cl3NO3/c1-9(6-10-2-4-13(19)14(20)7-10)16(22)21-15-5-3-11(18)8-12(15)17(23)24/h2-8H,1H3,(H,21,22)(H,23,24). The molecule has 2 rings (SSSR count). The number of rotatable bonds is 4. The summed E-state index contributed by atoms with van der Waals surface area (Å²) in [6.45, 7) is 1.61. The molecule has 0 spiro atoms. The van der Waals surface area contributed by atoms with Crippen LogP contribution in [0.15, 0.2) is 42.0 Å². The zero-order valence-corrected chi connectivity index (χ0v) is 14.7. The van der Waals surface area contributed by atoms with Gasteiger partial charge >= 0.3 is 5.97 Å². The number of hydrogen-bond donors (Lipinski definition) is 2. The van der Waals surface area contributed by atoms with Gasteiger partial charge < -0.3 is 10.4 Å². The number of halogens is 3. The Morgan fingerprint density at radius 3 is 2.38 bits per heavy atom. The molecule has 24 heavy (non-hydrogen) atoms. The number of carbonyl (C=O) groups excluding carboxylic acids is 1. The smallest absolute Gasteiger partial charge is 0.337 e. The minimum atomic E-state index is -1.18. The van der Waals surface area contributed by atoms with Crippen molar-refractivity contribution in [1.29, 1.82) is 0 Å². The summed E-state index contributed by atoms with van der Waals surface area (Å²) in [4.78, 5) is 23.5. The molecule has 7 heteroatoms. The van der Waals surface area contributed by atoms with Gasteiger partial charge in [0.15, 0.2) is 0 Å². The molecule has 0 radical (unpaired) electrons. The lowest BCUT2D eigenvalue weighted by atomic mass is 10.1. The lowest BCUT2D eigenvalue weighted by Crippen LogP contribution is -2.15. The van der Waals surface area contributed by atoms with Gasteiger partial charge in [-0.05, 0) is 48.9 Å². The first-order valence-corrected chi connectivity index (χ1v) is 7.89. The van der Waals surface area contributed by atoms with Crippen LogP contribution < -0.4 is 5.32 Å². The van der Waals surface area contributed by atoms with E-state index in [0.29, 0.717) is 21.2 Å². The molecule has 0 atom stereocenters. The van der Waals surface area contributed by atoms with Crippen LogP contribution >= 0.6 is 34.8 Å². The number of nitrogens with one attached hydrogen (secondary N) is 1. The molecule has 0 saturated carbocycles. The second-order valence-corrected chi connectivity index (χ2v) is 6.20. The minimum Gasteiger partial charge on any atom is -0.478 e. The van der Waals surface area contributed by atoms with Crippen molar-refractivity contribution < 1.29 is 14.7 Å². The predicted octanol–water partition coefficient (Wildman–Crippen LogP) is 5.39. The first kappa shape index (κ1) is 18.3. The molecule has 0 aliphatic heterocycles. The molecule has 2 aromatic rings. The number of hydrogen-bond acceptors (Lipinski definition) is 2. The van der Waals surface area contributed by atoms with E-state index in [1.54, 1.807) is 31.2 Å². The van der Waals surface area contributed by atoms with Gasteiger partial charge in [0.05, 0.1) is 21.3 Å². The molecule has 124 valence electrons. The van der Waals surface area contributed by atoms with Gasteiger partial charge in [-0.1, -0.05) is 40.9 Å². The molecule has 0 fully saturated rings. The summed E-state index contributed by atoms with van der Waals surface area (Å²) in [5.41, 5.74) is 1.16. The Morgan fingerprint density at radius 2 is 1.75 bits per heavy atom. The van der Waals surface area contributed by atoms with E-state index in [1.165, 1.54) is 18.2 Å². The van der Waals surface area contributed by atoms with Crippen LogP contribution in [0.1, 0.15) is 22.8 Å². The van der Waals surface area contributed by atoms with E-state index in [2.05, 4.69) is 5.32 Å². The van der Waals surface area contributed by atoms with Crippen molar-refractivity contribution in [3.8, 4) is 0 Å². The molecule has 2 N–H and O–H groups in total. The summed E-state index contributed by atoms with van der Waals surface area (Å²) < 4.78 is 0. The number of anilines is 1. The third-order valence-corrected chi connectivity index (χ3v) is 4.12. The van der Waals surface area contributed by atoms with Crippen molar-refractivity contribution in [3.05, 3.63) is 68.2 Å². The predicted molar refractivity (Wildman–Crippen MR) is 97.2 cm³/mol. The van der Waals surface area contributed by atoms with Gasteiger partial charge in [0.25, 0.3) is 5.91 Å². The topological polar surface area (TPSA) is 66.4 Å². The largest absolute Gasteiger partial charge is 0.478 e. The van der Waals surface area contributed by atoms with Crippen LogP contribution in [-0.2, 0) is 4.79 Å². The number of carbonyl (C=O) groups is 2. The summed E-state index contributed by atoms with van der Waals surface area (Å²) in [6.07, 6.45) is 1.62. The Balaban J connectivity index is 2.24. The summed E-state index contributed by atoms with van der Waals surface area (Å²) in [7, 11) is 0. The van der Waals surface area contributed by atoms with Crippen molar-refractivity contribution in [2.75, 3.05) is 5.32 Å². The number of carboxylic acids is 1. The number of amides is 1. The Kier molecular flexibility index (Phi) is 5.89. The van der Waals surface area contributed by atoms with Crippen molar-refractivity contribution in [3.63, 3.8) is 0 Å². The molecule has 0 saturated heterocycles. The van der Waals surface area contributed by atoms with Crippen molar-refractivity contribution >= 4 is 58.4 Å². The highest BCUT2D eigenvalue weighted by Crippen LogP contribution is 2.24. The first-order valence-electron chi connectivity index (χ1n) is 6.75. The Hall–Kier alpha value is -2.01. The third-order valence-electron chi connectivity index (χ3n) is 3.15. The zero-order chi connectivity index (χ0) is 17.9. The van der Waals surface area contributed by atoms with Gasteiger partial charge in [-0.3, -0.25) is 4.79 Å². The van der Waals surface area contributed by atoms with Crippen molar-refractivity contribution in [1.82, 2.24) is 0 Å². The lowest BCUT2D eigenvalue weighted by Gasteiger charge is -2.09. The van der Waals surface area contributed by atoms with Crippen LogP contribution in [0.3, 0.4) is 0 Å². The van der Waals surface area contributed by atoms with Crippen LogP contribution in [0.25, 0.3) is 6.08 Å². The van der Waals surface area contributed by atoms with E-state index in [4.69, 9.17) is 34.8 Å². The zero-order valence-electron chi connectivity index (χ0n) is 12.4. The molecule has 0 heterocycles. The average Bonchev–Trinajstić information content (AvgIpc) is 2.52. The molecule has 0 aliphatic rings. The second-order valence-electron chi connectivity index (χ2n) is 4.95. The van der Waals surface area contributed by atoms with Crippen molar-refractivity contribution in [2.45, 2.75) is 6.92 Å². The van der Waals surface area contributed by atoms with Gasteiger partial charge in [-0.15, -0.1) is 0 Å². The summed E-state index contributed by atoms with van der Waals surface area (Å²) in [6, 6.07) is 9.19. The van der Waals surface area contributed by atoms with Gasteiger partial charge in [0.1, 0.15) is 0 Å². The highest BCUT2D eigenvalue weighted by molar-refractivity contribution is 6.42. The fraction of sp³-hybridized carbons (Fsp3) is 0.0588. The third kappa shape index (κ3) is 4.51. The van der Waals surface area contributed by atoms with E-state index in [-0.39, 0.29) is 16.3 Å². The van der Waals surface area contributed by atoms with Crippen LogP contribution in [-0.4, -0.2) is 17.0 Å². The SMILES string of the molecule is CC(=Cc1ccc(Cl)c(Cl)c1)C(=O)Nc1ccc(Cl)cc1C(=O)O. The highest BCUT2D eigenvalue weighted by Gasteiger charge is 2.14. The maximum Gasteiger partial charge on any atom is 0.337 e.